The van der Waals surface area contributed by atoms with Crippen molar-refractivity contribution in [1.82, 2.24) is 0 Å². The average molecular weight is 164 g/mol. The van der Waals surface area contributed by atoms with Crippen molar-refractivity contribution >= 4 is 11.4 Å². The van der Waals surface area contributed by atoms with Crippen molar-refractivity contribution < 1.29 is 0 Å². The number of aryl methyl sites for hydroxylation is 2. The van der Waals surface area contributed by atoms with E-state index < -0.39 is 0 Å². The number of hydrogen-bond acceptors (Lipinski definition) is 2. The Kier molecular flexibility index (Phi) is 2.58. The molecule has 0 fully saturated rings. The van der Waals surface area contributed by atoms with E-state index in [2.05, 4.69) is 13.8 Å². The van der Waals surface area contributed by atoms with Crippen LogP contribution < -0.4 is 11.5 Å². The van der Waals surface area contributed by atoms with Gasteiger partial charge in [0, 0.05) is 0 Å². The topological polar surface area (TPSA) is 52.0 Å². The van der Waals surface area contributed by atoms with Crippen molar-refractivity contribution in [3.8, 4) is 0 Å². The number of hydrogen-bond donors (Lipinski definition) is 2. The van der Waals surface area contributed by atoms with Gasteiger partial charge in [-0.1, -0.05) is 13.3 Å². The molecule has 0 bridgehead atoms. The second kappa shape index (κ2) is 3.48. The Bertz CT molecular complexity index is 279. The molecule has 0 radical (unpaired) electrons. The summed E-state index contributed by atoms with van der Waals surface area (Å²) in [6.07, 6.45) is 2.22. The first kappa shape index (κ1) is 8.91. The molecule has 0 amide bonds. The lowest BCUT2D eigenvalue weighted by atomic mass is 10.0. The third kappa shape index (κ3) is 1.70. The minimum atomic E-state index is 0.687. The first-order valence-electron chi connectivity index (χ1n) is 4.29. The van der Waals surface area contributed by atoms with Gasteiger partial charge in [0.1, 0.15) is 0 Å². The third-order valence-electron chi connectivity index (χ3n) is 2.06. The molecule has 0 saturated carbocycles. The lowest BCUT2D eigenvalue weighted by molar-refractivity contribution is 0.913. The van der Waals surface area contributed by atoms with Crippen LogP contribution in [-0.2, 0) is 6.42 Å². The Hall–Kier alpha value is -1.18. The van der Waals surface area contributed by atoms with Crippen molar-refractivity contribution in [2.75, 3.05) is 11.5 Å². The molecule has 4 N–H and O–H groups in total. The second-order valence-corrected chi connectivity index (χ2v) is 3.16. The lowest BCUT2D eigenvalue weighted by Gasteiger charge is -2.07. The van der Waals surface area contributed by atoms with Gasteiger partial charge >= 0.3 is 0 Å². The van der Waals surface area contributed by atoms with E-state index >= 15 is 0 Å². The number of nitrogen functional groups attached to an aromatic ring is 2. The third-order valence-corrected chi connectivity index (χ3v) is 2.06. The number of nitrogens with two attached hydrogens (primary N) is 2. The summed E-state index contributed by atoms with van der Waals surface area (Å²) in [5, 5.41) is 0. The number of anilines is 2. The average Bonchev–Trinajstić information content (AvgIpc) is 2.01. The molecule has 0 atom stereocenters. The molecular formula is C10H16N2. The van der Waals surface area contributed by atoms with Crippen LogP contribution in [0.15, 0.2) is 12.1 Å². The molecule has 0 heterocycles. The zero-order chi connectivity index (χ0) is 9.14. The number of rotatable bonds is 2. The highest BCUT2D eigenvalue weighted by molar-refractivity contribution is 5.65. The van der Waals surface area contributed by atoms with Gasteiger partial charge in [0.25, 0.3) is 0 Å². The lowest BCUT2D eigenvalue weighted by Crippen LogP contribution is -1.98. The SMILES string of the molecule is CCCc1cc(N)c(N)cc1C. The van der Waals surface area contributed by atoms with Crippen LogP contribution in [0.25, 0.3) is 0 Å². The molecule has 12 heavy (non-hydrogen) atoms. The summed E-state index contributed by atoms with van der Waals surface area (Å²) in [4.78, 5) is 0. The first-order chi connectivity index (χ1) is 5.65. The maximum absolute atomic E-state index is 5.69. The van der Waals surface area contributed by atoms with E-state index in [1.165, 1.54) is 11.1 Å². The predicted molar refractivity (Wildman–Crippen MR) is 54.0 cm³/mol. The molecule has 1 aromatic rings. The highest BCUT2D eigenvalue weighted by Gasteiger charge is 2.00. The summed E-state index contributed by atoms with van der Waals surface area (Å²) in [5.41, 5.74) is 15.3. The van der Waals surface area contributed by atoms with Gasteiger partial charge in [0.15, 0.2) is 0 Å². The molecule has 2 heteroatoms. The molecule has 66 valence electrons. The van der Waals surface area contributed by atoms with Gasteiger partial charge in [-0.25, -0.2) is 0 Å². The van der Waals surface area contributed by atoms with Crippen molar-refractivity contribution in [1.29, 1.82) is 0 Å². The zero-order valence-electron chi connectivity index (χ0n) is 7.72. The van der Waals surface area contributed by atoms with E-state index in [4.69, 9.17) is 11.5 Å². The normalized spacial score (nSPS) is 10.2. The van der Waals surface area contributed by atoms with Crippen LogP contribution in [0.2, 0.25) is 0 Å². The summed E-state index contributed by atoms with van der Waals surface area (Å²) in [7, 11) is 0. The van der Waals surface area contributed by atoms with E-state index in [0.717, 1.165) is 12.8 Å². The van der Waals surface area contributed by atoms with Crippen molar-refractivity contribution in [2.45, 2.75) is 26.7 Å². The Balaban J connectivity index is 3.05. The highest BCUT2D eigenvalue weighted by atomic mass is 14.7. The van der Waals surface area contributed by atoms with Gasteiger partial charge < -0.3 is 11.5 Å². The summed E-state index contributed by atoms with van der Waals surface area (Å²) >= 11 is 0. The minimum Gasteiger partial charge on any atom is -0.397 e. The van der Waals surface area contributed by atoms with Gasteiger partial charge in [0.05, 0.1) is 11.4 Å². The minimum absolute atomic E-state index is 0.687. The molecule has 1 rings (SSSR count). The highest BCUT2D eigenvalue weighted by Crippen LogP contribution is 2.21. The molecule has 0 unspecified atom stereocenters. The smallest absolute Gasteiger partial charge is 0.0550 e. The fourth-order valence-electron chi connectivity index (χ4n) is 1.33. The molecule has 2 nitrogen and oxygen atoms in total. The molecule has 0 spiro atoms. The second-order valence-electron chi connectivity index (χ2n) is 3.16. The Morgan fingerprint density at radius 1 is 1.17 bits per heavy atom. The standard InChI is InChI=1S/C10H16N2/c1-3-4-8-6-10(12)9(11)5-7(8)2/h5-6H,3-4,11-12H2,1-2H3. The molecule has 0 aromatic heterocycles. The van der Waals surface area contributed by atoms with Crippen molar-refractivity contribution in [3.05, 3.63) is 23.3 Å². The van der Waals surface area contributed by atoms with Crippen LogP contribution in [-0.4, -0.2) is 0 Å². The zero-order valence-corrected chi connectivity index (χ0v) is 7.72. The molecule has 1 aromatic carbocycles. The quantitative estimate of drug-likeness (QED) is 0.658. The fourth-order valence-corrected chi connectivity index (χ4v) is 1.33. The van der Waals surface area contributed by atoms with Crippen molar-refractivity contribution in [3.63, 3.8) is 0 Å². The molecule has 0 saturated heterocycles. The number of benzene rings is 1. The summed E-state index contributed by atoms with van der Waals surface area (Å²) in [5.74, 6) is 0. The van der Waals surface area contributed by atoms with Crippen LogP contribution >= 0.6 is 0 Å². The van der Waals surface area contributed by atoms with Crippen molar-refractivity contribution in [2.24, 2.45) is 0 Å². The van der Waals surface area contributed by atoms with Crippen LogP contribution in [0.3, 0.4) is 0 Å². The van der Waals surface area contributed by atoms with E-state index in [1.807, 2.05) is 12.1 Å². The monoisotopic (exact) mass is 164 g/mol. The Morgan fingerprint density at radius 3 is 2.33 bits per heavy atom. The maximum Gasteiger partial charge on any atom is 0.0550 e. The van der Waals surface area contributed by atoms with Gasteiger partial charge in [0.2, 0.25) is 0 Å². The molecular weight excluding hydrogens is 148 g/mol. The van der Waals surface area contributed by atoms with Crippen LogP contribution in [0.4, 0.5) is 11.4 Å². The Morgan fingerprint density at radius 2 is 1.75 bits per heavy atom. The van der Waals surface area contributed by atoms with Gasteiger partial charge in [-0.2, -0.15) is 0 Å². The molecule has 0 aliphatic carbocycles. The predicted octanol–water partition coefficient (Wildman–Crippen LogP) is 2.11. The van der Waals surface area contributed by atoms with E-state index in [-0.39, 0.29) is 0 Å². The summed E-state index contributed by atoms with van der Waals surface area (Å²) in [6.45, 7) is 4.23. The largest absolute Gasteiger partial charge is 0.397 e. The van der Waals surface area contributed by atoms with Crippen LogP contribution in [0.5, 0.6) is 0 Å². The van der Waals surface area contributed by atoms with Gasteiger partial charge in [-0.3, -0.25) is 0 Å². The molecule has 0 aliphatic heterocycles. The van der Waals surface area contributed by atoms with E-state index in [1.54, 1.807) is 0 Å². The van der Waals surface area contributed by atoms with E-state index in [9.17, 15) is 0 Å². The summed E-state index contributed by atoms with van der Waals surface area (Å²) in [6, 6.07) is 3.93. The molecule has 0 aliphatic rings. The van der Waals surface area contributed by atoms with Gasteiger partial charge in [-0.15, -0.1) is 0 Å². The maximum atomic E-state index is 5.69. The first-order valence-corrected chi connectivity index (χ1v) is 4.29. The van der Waals surface area contributed by atoms with Crippen LogP contribution in [0.1, 0.15) is 24.5 Å². The van der Waals surface area contributed by atoms with E-state index in [0.29, 0.717) is 11.4 Å². The summed E-state index contributed by atoms with van der Waals surface area (Å²) < 4.78 is 0. The fraction of sp³-hybridized carbons (Fsp3) is 0.400. The van der Waals surface area contributed by atoms with Gasteiger partial charge in [-0.05, 0) is 36.6 Å². The van der Waals surface area contributed by atoms with Crippen LogP contribution in [0, 0.1) is 6.92 Å². The Labute approximate surface area is 73.6 Å².